The van der Waals surface area contributed by atoms with Crippen molar-refractivity contribution in [3.63, 3.8) is 0 Å². The average Bonchev–Trinajstić information content (AvgIpc) is 3.78. The number of carbonyl (C=O) groups excluding carboxylic acids is 1. The molecule has 0 radical (unpaired) electrons. The normalized spacial score (nSPS) is 26.5. The summed E-state index contributed by atoms with van der Waals surface area (Å²) in [7, 11) is 3.50. The zero-order valence-corrected chi connectivity index (χ0v) is 21.1. The first-order chi connectivity index (χ1) is 17.8. The van der Waals surface area contributed by atoms with Crippen LogP contribution in [0.1, 0.15) is 56.3 Å². The number of hydrogen-bond donors (Lipinski definition) is 5. The molecule has 6 rings (SSSR count). The Morgan fingerprint density at radius 1 is 1.27 bits per heavy atom. The van der Waals surface area contributed by atoms with E-state index in [1.165, 1.54) is 12.8 Å². The van der Waals surface area contributed by atoms with Crippen molar-refractivity contribution in [1.29, 1.82) is 0 Å². The van der Waals surface area contributed by atoms with Crippen molar-refractivity contribution < 1.29 is 9.90 Å². The van der Waals surface area contributed by atoms with Crippen LogP contribution in [0, 0.1) is 5.92 Å². The second kappa shape index (κ2) is 9.02. The fourth-order valence-electron chi connectivity index (χ4n) is 5.31. The van der Waals surface area contributed by atoms with E-state index in [2.05, 4.69) is 31.8 Å². The summed E-state index contributed by atoms with van der Waals surface area (Å²) in [5.41, 5.74) is 2.01. The number of aromatic hydroxyl groups is 1. The highest BCUT2D eigenvalue weighted by atomic mass is 16.3. The summed E-state index contributed by atoms with van der Waals surface area (Å²) >= 11 is 0. The SMILES string of the molecule is CN(C)C(=O)NC1CCC(N=c2cc(C3(CC4CC4)CN3)n3ncc(=Cc4[nH]c(=O)[nH]c4O)c3n2)CC1. The van der Waals surface area contributed by atoms with Gasteiger partial charge in [-0.15, -0.1) is 0 Å². The molecule has 3 aromatic rings. The fraction of sp³-hybridized carbons (Fsp3) is 0.560. The molecule has 3 aliphatic rings. The van der Waals surface area contributed by atoms with Crippen molar-refractivity contribution in [3.8, 4) is 5.88 Å². The van der Waals surface area contributed by atoms with Gasteiger partial charge in [0.25, 0.3) is 0 Å². The highest BCUT2D eigenvalue weighted by Crippen LogP contribution is 2.44. The lowest BCUT2D eigenvalue weighted by Gasteiger charge is -2.28. The van der Waals surface area contributed by atoms with Gasteiger partial charge in [0.05, 0.1) is 23.5 Å². The lowest BCUT2D eigenvalue weighted by Crippen LogP contribution is -2.43. The zero-order chi connectivity index (χ0) is 25.7. The van der Waals surface area contributed by atoms with Gasteiger partial charge in [0, 0.05) is 38.0 Å². The molecule has 2 amide bonds. The van der Waals surface area contributed by atoms with Gasteiger partial charge in [-0.2, -0.15) is 5.10 Å². The maximum Gasteiger partial charge on any atom is 0.326 e. The Hall–Kier alpha value is -3.67. The topological polar surface area (TPSA) is 166 Å². The van der Waals surface area contributed by atoms with Crippen molar-refractivity contribution in [1.82, 2.24) is 40.1 Å². The number of nitrogens with one attached hydrogen (secondary N) is 4. The van der Waals surface area contributed by atoms with Crippen LogP contribution in [0.5, 0.6) is 5.88 Å². The van der Waals surface area contributed by atoms with Crippen molar-refractivity contribution in [2.24, 2.45) is 10.9 Å². The van der Waals surface area contributed by atoms with Gasteiger partial charge >= 0.3 is 11.7 Å². The molecular formula is C25H33N9O3. The number of fused-ring (bicyclic) bond motifs is 1. The first-order valence-corrected chi connectivity index (χ1v) is 13.0. The predicted molar refractivity (Wildman–Crippen MR) is 136 cm³/mol. The number of hydrogen-bond acceptors (Lipinski definition) is 7. The molecule has 0 bridgehead atoms. The van der Waals surface area contributed by atoms with Crippen LogP contribution in [-0.2, 0) is 5.54 Å². The molecule has 1 aliphatic heterocycles. The molecule has 1 unspecified atom stereocenters. The van der Waals surface area contributed by atoms with E-state index < -0.39 is 5.69 Å². The molecule has 12 nitrogen and oxygen atoms in total. The summed E-state index contributed by atoms with van der Waals surface area (Å²) in [4.78, 5) is 40.0. The Morgan fingerprint density at radius 3 is 2.65 bits per heavy atom. The number of amides is 2. The minimum Gasteiger partial charge on any atom is -0.493 e. The maximum absolute atomic E-state index is 12.0. The number of aromatic amines is 2. The quantitative estimate of drug-likeness (QED) is 0.296. The van der Waals surface area contributed by atoms with E-state index in [9.17, 15) is 14.7 Å². The minimum atomic E-state index is -0.479. The molecule has 12 heteroatoms. The standard InChI is InChI=1S/C25H33N9O3/c1-33(2)24(37)29-17-7-5-16(6-8-17)28-20-10-19(25(13-26-25)11-14-3-4-14)34-21(31-20)15(12-27-34)9-18-22(35)32-23(36)30-18/h9-10,12,14,16-17,26,35H,3-8,11,13H2,1-2H3,(H,29,37)(H2,30,32,36). The van der Waals surface area contributed by atoms with Crippen LogP contribution in [0.4, 0.5) is 4.79 Å². The third kappa shape index (κ3) is 4.85. The van der Waals surface area contributed by atoms with Gasteiger partial charge in [-0.1, -0.05) is 12.8 Å². The predicted octanol–water partition coefficient (Wildman–Crippen LogP) is 0.0807. The highest BCUT2D eigenvalue weighted by molar-refractivity contribution is 5.73. The van der Waals surface area contributed by atoms with Gasteiger partial charge in [0.15, 0.2) is 11.1 Å². The van der Waals surface area contributed by atoms with Gasteiger partial charge in [0.2, 0.25) is 5.88 Å². The molecule has 3 fully saturated rings. The minimum absolute atomic E-state index is 0.0608. The highest BCUT2D eigenvalue weighted by Gasteiger charge is 2.49. The summed E-state index contributed by atoms with van der Waals surface area (Å²) in [6.07, 6.45) is 10.5. The number of H-pyrrole nitrogens is 2. The molecule has 2 aliphatic carbocycles. The van der Waals surface area contributed by atoms with Crippen molar-refractivity contribution in [3.05, 3.63) is 44.8 Å². The van der Waals surface area contributed by atoms with E-state index in [1.54, 1.807) is 31.3 Å². The third-order valence-corrected chi connectivity index (χ3v) is 7.69. The van der Waals surface area contributed by atoms with Crippen LogP contribution in [0.15, 0.2) is 22.1 Å². The van der Waals surface area contributed by atoms with Gasteiger partial charge in [-0.3, -0.25) is 9.98 Å². The molecule has 37 heavy (non-hydrogen) atoms. The Morgan fingerprint density at radius 2 is 2.03 bits per heavy atom. The number of carbonyl (C=O) groups is 1. The van der Waals surface area contributed by atoms with Gasteiger partial charge in [-0.05, 0) is 44.1 Å². The Bertz CT molecular complexity index is 1500. The molecule has 4 heterocycles. The number of urea groups is 1. The Labute approximate surface area is 212 Å². The smallest absolute Gasteiger partial charge is 0.326 e. The molecule has 1 saturated heterocycles. The molecule has 2 saturated carbocycles. The van der Waals surface area contributed by atoms with Crippen LogP contribution in [-0.4, -0.2) is 73.3 Å². The molecule has 1 atom stereocenters. The lowest BCUT2D eigenvalue weighted by molar-refractivity contribution is 0.207. The molecule has 3 aromatic heterocycles. The van der Waals surface area contributed by atoms with Gasteiger partial charge < -0.3 is 25.6 Å². The van der Waals surface area contributed by atoms with E-state index in [-0.39, 0.29) is 35.2 Å². The third-order valence-electron chi connectivity index (χ3n) is 7.69. The number of aromatic nitrogens is 5. The maximum atomic E-state index is 12.0. The van der Waals surface area contributed by atoms with E-state index >= 15 is 0 Å². The summed E-state index contributed by atoms with van der Waals surface area (Å²) < 4.78 is 1.86. The monoisotopic (exact) mass is 507 g/mol. The fourth-order valence-corrected chi connectivity index (χ4v) is 5.31. The van der Waals surface area contributed by atoms with E-state index in [4.69, 9.17) is 9.98 Å². The van der Waals surface area contributed by atoms with Gasteiger partial charge in [-0.25, -0.2) is 19.1 Å². The Kier molecular flexibility index (Phi) is 5.78. The van der Waals surface area contributed by atoms with Crippen LogP contribution < -0.4 is 27.0 Å². The number of nitrogens with zero attached hydrogens (tertiary/aromatic N) is 5. The van der Waals surface area contributed by atoms with E-state index in [0.717, 1.165) is 50.3 Å². The summed E-state index contributed by atoms with van der Waals surface area (Å²) in [6.45, 7) is 0.892. The van der Waals surface area contributed by atoms with Crippen molar-refractivity contribution >= 4 is 17.8 Å². The summed E-state index contributed by atoms with van der Waals surface area (Å²) in [6, 6.07) is 2.29. The van der Waals surface area contributed by atoms with Crippen molar-refractivity contribution in [2.45, 2.75) is 62.6 Å². The average molecular weight is 508 g/mol. The second-order valence-electron chi connectivity index (χ2n) is 10.9. The first kappa shape index (κ1) is 23.7. The van der Waals surface area contributed by atoms with Gasteiger partial charge in [0.1, 0.15) is 5.69 Å². The Balaban J connectivity index is 1.36. The van der Waals surface area contributed by atoms with Crippen LogP contribution in [0.3, 0.4) is 0 Å². The van der Waals surface area contributed by atoms with Crippen LogP contribution in [0.25, 0.3) is 11.7 Å². The van der Waals surface area contributed by atoms with Crippen LogP contribution in [0.2, 0.25) is 0 Å². The summed E-state index contributed by atoms with van der Waals surface area (Å²) in [5, 5.41) is 22.0. The zero-order valence-electron chi connectivity index (χ0n) is 21.1. The molecule has 5 N–H and O–H groups in total. The first-order valence-electron chi connectivity index (χ1n) is 13.0. The van der Waals surface area contributed by atoms with E-state index in [0.29, 0.717) is 16.4 Å². The second-order valence-corrected chi connectivity index (χ2v) is 10.9. The molecule has 0 aromatic carbocycles. The van der Waals surface area contributed by atoms with Crippen LogP contribution >= 0.6 is 0 Å². The largest absolute Gasteiger partial charge is 0.493 e. The molecule has 0 spiro atoms. The van der Waals surface area contributed by atoms with E-state index in [1.807, 2.05) is 4.52 Å². The number of rotatable bonds is 6. The molecular weight excluding hydrogens is 474 g/mol. The number of imidazole rings is 1. The summed E-state index contributed by atoms with van der Waals surface area (Å²) in [5.74, 6) is 0.507. The lowest BCUT2D eigenvalue weighted by atomic mass is 9.91. The molecule has 196 valence electrons. The van der Waals surface area contributed by atoms with Crippen molar-refractivity contribution in [2.75, 3.05) is 20.6 Å².